The van der Waals surface area contributed by atoms with Crippen molar-refractivity contribution in [3.63, 3.8) is 0 Å². The molecule has 0 aromatic heterocycles. The molecule has 0 radical (unpaired) electrons. The van der Waals surface area contributed by atoms with E-state index in [1.54, 1.807) is 12.1 Å². The van der Waals surface area contributed by atoms with Crippen LogP contribution in [0.15, 0.2) is 43.0 Å². The lowest BCUT2D eigenvalue weighted by atomic mass is 9.84. The number of benzene rings is 1. The summed E-state index contributed by atoms with van der Waals surface area (Å²) < 4.78 is 5.66. The van der Waals surface area contributed by atoms with Crippen LogP contribution in [0.5, 0.6) is 0 Å². The van der Waals surface area contributed by atoms with Gasteiger partial charge < -0.3 is 4.74 Å². The van der Waals surface area contributed by atoms with Crippen LogP contribution in [0.4, 0.5) is 0 Å². The molecular weight excluding hydrogens is 224 g/mol. The minimum atomic E-state index is -0.198. The molecule has 1 aliphatic rings. The highest BCUT2D eigenvalue weighted by Gasteiger charge is 2.27. The van der Waals surface area contributed by atoms with Crippen LogP contribution in [0.2, 0.25) is 0 Å². The second-order valence-corrected chi connectivity index (χ2v) is 4.88. The zero-order valence-corrected chi connectivity index (χ0v) is 10.7. The third-order valence-electron chi connectivity index (χ3n) is 3.58. The molecule has 0 heterocycles. The summed E-state index contributed by atoms with van der Waals surface area (Å²) in [7, 11) is 0. The number of hydrogen-bond acceptors (Lipinski definition) is 2. The van der Waals surface area contributed by atoms with E-state index in [1.165, 1.54) is 6.42 Å². The molecule has 0 amide bonds. The van der Waals surface area contributed by atoms with Gasteiger partial charge in [0.05, 0.1) is 5.56 Å². The summed E-state index contributed by atoms with van der Waals surface area (Å²) in [4.78, 5) is 12.0. The lowest BCUT2D eigenvalue weighted by molar-refractivity contribution is 0.00196. The molecule has 1 aromatic rings. The van der Waals surface area contributed by atoms with E-state index in [2.05, 4.69) is 6.58 Å². The molecule has 2 nitrogen and oxygen atoms in total. The molecule has 1 saturated carbocycles. The second-order valence-electron chi connectivity index (χ2n) is 4.88. The number of rotatable bonds is 4. The molecule has 0 N–H and O–H groups in total. The summed E-state index contributed by atoms with van der Waals surface area (Å²) in [6.45, 7) is 3.79. The number of allylic oxidation sites excluding steroid dienone is 1. The Hall–Kier alpha value is -1.57. The van der Waals surface area contributed by atoms with Crippen molar-refractivity contribution in [1.82, 2.24) is 0 Å². The third kappa shape index (κ3) is 3.22. The van der Waals surface area contributed by atoms with Gasteiger partial charge in [-0.2, -0.15) is 0 Å². The maximum atomic E-state index is 12.0. The zero-order chi connectivity index (χ0) is 12.8. The second kappa shape index (κ2) is 6.39. The Morgan fingerprint density at radius 3 is 2.72 bits per heavy atom. The predicted octanol–water partition coefficient (Wildman–Crippen LogP) is 3.98. The quantitative estimate of drug-likeness (QED) is 0.591. The Morgan fingerprint density at radius 1 is 1.28 bits per heavy atom. The first kappa shape index (κ1) is 12.9. The van der Waals surface area contributed by atoms with E-state index < -0.39 is 0 Å². The van der Waals surface area contributed by atoms with Crippen LogP contribution in [0.25, 0.3) is 0 Å². The highest BCUT2D eigenvalue weighted by atomic mass is 16.5. The summed E-state index contributed by atoms with van der Waals surface area (Å²) in [5.41, 5.74) is 0.639. The fourth-order valence-corrected chi connectivity index (χ4v) is 2.59. The Labute approximate surface area is 109 Å². The van der Waals surface area contributed by atoms with Crippen molar-refractivity contribution < 1.29 is 9.53 Å². The first-order chi connectivity index (χ1) is 8.81. The minimum absolute atomic E-state index is 0.0597. The first-order valence-electron chi connectivity index (χ1n) is 6.68. The molecule has 0 saturated heterocycles. The van der Waals surface area contributed by atoms with E-state index in [-0.39, 0.29) is 12.1 Å². The van der Waals surface area contributed by atoms with Gasteiger partial charge in [0.1, 0.15) is 6.10 Å². The Balaban J connectivity index is 1.98. The molecule has 0 aliphatic heterocycles. The van der Waals surface area contributed by atoms with Crippen LogP contribution < -0.4 is 0 Å². The summed E-state index contributed by atoms with van der Waals surface area (Å²) in [5, 5.41) is 0. The fraction of sp³-hybridized carbons (Fsp3) is 0.438. The van der Waals surface area contributed by atoms with Crippen molar-refractivity contribution >= 4 is 5.97 Å². The zero-order valence-electron chi connectivity index (χ0n) is 10.7. The summed E-state index contributed by atoms with van der Waals surface area (Å²) in [5.74, 6) is 0.250. The molecule has 1 fully saturated rings. The molecular formula is C16H20O2. The average molecular weight is 244 g/mol. The molecule has 96 valence electrons. The van der Waals surface area contributed by atoms with E-state index in [4.69, 9.17) is 4.74 Å². The van der Waals surface area contributed by atoms with E-state index in [0.717, 1.165) is 25.7 Å². The molecule has 0 bridgehead atoms. The number of ether oxygens (including phenoxy) is 1. The predicted molar refractivity (Wildman–Crippen MR) is 72.4 cm³/mol. The third-order valence-corrected chi connectivity index (χ3v) is 3.58. The topological polar surface area (TPSA) is 26.3 Å². The van der Waals surface area contributed by atoms with Gasteiger partial charge in [-0.15, -0.1) is 6.58 Å². The van der Waals surface area contributed by atoms with Gasteiger partial charge in [0.2, 0.25) is 0 Å². The summed E-state index contributed by atoms with van der Waals surface area (Å²) in [6.07, 6.45) is 7.43. The van der Waals surface area contributed by atoms with E-state index in [0.29, 0.717) is 11.5 Å². The van der Waals surface area contributed by atoms with E-state index >= 15 is 0 Å². The Morgan fingerprint density at radius 2 is 2.00 bits per heavy atom. The van der Waals surface area contributed by atoms with Crippen LogP contribution in [-0.4, -0.2) is 12.1 Å². The molecule has 18 heavy (non-hydrogen) atoms. The standard InChI is InChI=1S/C16H20O2/c1-2-8-13-9-6-7-12-15(13)18-16(17)14-10-4-3-5-11-14/h2-5,10-11,13,15H,1,6-9,12H2/t13-,15+/m0/s1. The van der Waals surface area contributed by atoms with Crippen LogP contribution in [-0.2, 0) is 4.74 Å². The summed E-state index contributed by atoms with van der Waals surface area (Å²) in [6, 6.07) is 9.22. The largest absolute Gasteiger partial charge is 0.458 e. The molecule has 0 spiro atoms. The van der Waals surface area contributed by atoms with Crippen molar-refractivity contribution in [2.45, 2.75) is 38.2 Å². The lowest BCUT2D eigenvalue weighted by Gasteiger charge is -2.30. The van der Waals surface area contributed by atoms with Gasteiger partial charge in [-0.3, -0.25) is 0 Å². The maximum absolute atomic E-state index is 12.0. The number of carbonyl (C=O) groups excluding carboxylic acids is 1. The SMILES string of the molecule is C=CC[C@H]1CCCC[C@H]1OC(=O)c1ccccc1. The summed E-state index contributed by atoms with van der Waals surface area (Å²) >= 11 is 0. The fourth-order valence-electron chi connectivity index (χ4n) is 2.59. The van der Waals surface area contributed by atoms with Crippen molar-refractivity contribution in [2.75, 3.05) is 0 Å². The first-order valence-corrected chi connectivity index (χ1v) is 6.68. The van der Waals surface area contributed by atoms with Crippen LogP contribution in [0.1, 0.15) is 42.5 Å². The monoisotopic (exact) mass is 244 g/mol. The Bertz CT molecular complexity index is 397. The van der Waals surface area contributed by atoms with Gasteiger partial charge >= 0.3 is 5.97 Å². The number of esters is 1. The van der Waals surface area contributed by atoms with Crippen LogP contribution >= 0.6 is 0 Å². The Kier molecular flexibility index (Phi) is 4.57. The van der Waals surface area contributed by atoms with Crippen LogP contribution in [0.3, 0.4) is 0 Å². The van der Waals surface area contributed by atoms with Gasteiger partial charge in [0.25, 0.3) is 0 Å². The molecule has 2 atom stereocenters. The van der Waals surface area contributed by atoms with Crippen molar-refractivity contribution in [1.29, 1.82) is 0 Å². The van der Waals surface area contributed by atoms with Gasteiger partial charge in [0.15, 0.2) is 0 Å². The van der Waals surface area contributed by atoms with Gasteiger partial charge in [0, 0.05) is 0 Å². The number of hydrogen-bond donors (Lipinski definition) is 0. The van der Waals surface area contributed by atoms with Crippen molar-refractivity contribution in [2.24, 2.45) is 5.92 Å². The average Bonchev–Trinajstić information content (AvgIpc) is 2.42. The molecule has 1 aliphatic carbocycles. The lowest BCUT2D eigenvalue weighted by Crippen LogP contribution is -2.29. The smallest absolute Gasteiger partial charge is 0.338 e. The van der Waals surface area contributed by atoms with Crippen LogP contribution in [0, 0.1) is 5.92 Å². The number of carbonyl (C=O) groups is 1. The van der Waals surface area contributed by atoms with Crippen molar-refractivity contribution in [3.05, 3.63) is 48.6 Å². The molecule has 1 aromatic carbocycles. The van der Waals surface area contributed by atoms with E-state index in [9.17, 15) is 4.79 Å². The highest BCUT2D eigenvalue weighted by molar-refractivity contribution is 5.89. The normalized spacial score (nSPS) is 23.3. The van der Waals surface area contributed by atoms with Crippen molar-refractivity contribution in [3.8, 4) is 0 Å². The highest BCUT2D eigenvalue weighted by Crippen LogP contribution is 2.30. The molecule has 2 heteroatoms. The van der Waals surface area contributed by atoms with E-state index in [1.807, 2.05) is 24.3 Å². The molecule has 2 rings (SSSR count). The van der Waals surface area contributed by atoms with Gasteiger partial charge in [-0.1, -0.05) is 30.7 Å². The molecule has 0 unspecified atom stereocenters. The van der Waals surface area contributed by atoms with Gasteiger partial charge in [-0.25, -0.2) is 4.79 Å². The maximum Gasteiger partial charge on any atom is 0.338 e. The minimum Gasteiger partial charge on any atom is -0.458 e. The van der Waals surface area contributed by atoms with Gasteiger partial charge in [-0.05, 0) is 43.7 Å².